The molecule has 19 heavy (non-hydrogen) atoms. The number of halogens is 1. The van der Waals surface area contributed by atoms with Crippen molar-refractivity contribution in [3.8, 4) is 0 Å². The second-order valence-corrected chi connectivity index (χ2v) is 5.01. The average Bonchev–Trinajstić information content (AvgIpc) is 2.38. The first-order chi connectivity index (χ1) is 9.00. The minimum absolute atomic E-state index is 0.0225. The molecule has 6 heteroatoms. The van der Waals surface area contributed by atoms with Gasteiger partial charge in [-0.1, -0.05) is 0 Å². The van der Waals surface area contributed by atoms with Crippen molar-refractivity contribution in [1.82, 2.24) is 0 Å². The molecule has 2 rings (SSSR count). The van der Waals surface area contributed by atoms with Crippen LogP contribution in [0.4, 0.5) is 15.8 Å². The van der Waals surface area contributed by atoms with E-state index in [4.69, 9.17) is 5.73 Å². The Bertz CT molecular complexity index is 479. The van der Waals surface area contributed by atoms with Gasteiger partial charge in [0.2, 0.25) is 0 Å². The third kappa shape index (κ3) is 2.84. The minimum Gasteiger partial charge on any atom is -0.361 e. The van der Waals surface area contributed by atoms with E-state index < -0.39 is 10.7 Å². The average molecular weight is 267 g/mol. The first kappa shape index (κ1) is 13.7. The maximum atomic E-state index is 13.4. The van der Waals surface area contributed by atoms with Crippen LogP contribution in [0.2, 0.25) is 0 Å². The quantitative estimate of drug-likeness (QED) is 0.674. The Hall–Kier alpha value is -1.69. The monoisotopic (exact) mass is 267 g/mol. The van der Waals surface area contributed by atoms with E-state index in [-0.39, 0.29) is 17.8 Å². The molecule has 1 aromatic carbocycles. The second-order valence-electron chi connectivity index (χ2n) is 5.01. The van der Waals surface area contributed by atoms with Gasteiger partial charge in [0.1, 0.15) is 11.5 Å². The summed E-state index contributed by atoms with van der Waals surface area (Å²) >= 11 is 0. The zero-order chi connectivity index (χ0) is 14.0. The third-order valence-corrected chi connectivity index (χ3v) is 3.60. The Morgan fingerprint density at radius 1 is 1.53 bits per heavy atom. The van der Waals surface area contributed by atoms with E-state index >= 15 is 0 Å². The van der Waals surface area contributed by atoms with Crippen molar-refractivity contribution in [2.24, 2.45) is 5.73 Å². The summed E-state index contributed by atoms with van der Waals surface area (Å²) in [5.74, 6) is -0.463. The summed E-state index contributed by atoms with van der Waals surface area (Å²) in [4.78, 5) is 12.5. The van der Waals surface area contributed by atoms with Gasteiger partial charge in [-0.2, -0.15) is 0 Å². The van der Waals surface area contributed by atoms with Crippen molar-refractivity contribution in [2.45, 2.75) is 38.3 Å². The molecule has 0 amide bonds. The highest BCUT2D eigenvalue weighted by Gasteiger charge is 2.30. The summed E-state index contributed by atoms with van der Waals surface area (Å²) in [6.45, 7) is 2.56. The minimum atomic E-state index is -0.471. The van der Waals surface area contributed by atoms with Gasteiger partial charge in [0, 0.05) is 30.8 Å². The van der Waals surface area contributed by atoms with Gasteiger partial charge in [-0.25, -0.2) is 4.39 Å². The van der Waals surface area contributed by atoms with Gasteiger partial charge in [0.15, 0.2) is 0 Å². The number of anilines is 1. The molecule has 1 aliphatic heterocycles. The molecule has 1 saturated heterocycles. The van der Waals surface area contributed by atoms with Crippen LogP contribution < -0.4 is 10.6 Å². The highest BCUT2D eigenvalue weighted by atomic mass is 19.1. The zero-order valence-electron chi connectivity index (χ0n) is 10.9. The molecular formula is C13H18FN3O2. The molecule has 104 valence electrons. The zero-order valence-corrected chi connectivity index (χ0v) is 10.9. The first-order valence-corrected chi connectivity index (χ1v) is 6.47. The number of nitro groups is 1. The smallest absolute Gasteiger partial charge is 0.292 e. The maximum Gasteiger partial charge on any atom is 0.292 e. The Labute approximate surface area is 111 Å². The molecule has 0 aliphatic carbocycles. The SMILES string of the molecule is CC(N)C1CCCCN1c1cc(F)ccc1[N+](=O)[O-]. The van der Waals surface area contributed by atoms with E-state index in [0.29, 0.717) is 12.2 Å². The lowest BCUT2D eigenvalue weighted by molar-refractivity contribution is -0.384. The lowest BCUT2D eigenvalue weighted by atomic mass is 9.96. The molecule has 5 nitrogen and oxygen atoms in total. The molecule has 0 bridgehead atoms. The Morgan fingerprint density at radius 2 is 2.26 bits per heavy atom. The number of hydrogen-bond acceptors (Lipinski definition) is 4. The Kier molecular flexibility index (Phi) is 3.99. The fourth-order valence-electron chi connectivity index (χ4n) is 2.68. The van der Waals surface area contributed by atoms with Crippen LogP contribution in [0.3, 0.4) is 0 Å². The lowest BCUT2D eigenvalue weighted by Gasteiger charge is -2.39. The highest BCUT2D eigenvalue weighted by Crippen LogP contribution is 2.34. The topological polar surface area (TPSA) is 72.4 Å². The summed E-state index contributed by atoms with van der Waals surface area (Å²) in [6.07, 6.45) is 2.87. The van der Waals surface area contributed by atoms with Crippen molar-refractivity contribution in [2.75, 3.05) is 11.4 Å². The predicted molar refractivity (Wildman–Crippen MR) is 71.7 cm³/mol. The molecule has 0 spiro atoms. The van der Waals surface area contributed by atoms with Crippen LogP contribution in [0.5, 0.6) is 0 Å². The summed E-state index contributed by atoms with van der Waals surface area (Å²) in [7, 11) is 0. The largest absolute Gasteiger partial charge is 0.361 e. The fraction of sp³-hybridized carbons (Fsp3) is 0.538. The van der Waals surface area contributed by atoms with Crippen LogP contribution in [0, 0.1) is 15.9 Å². The van der Waals surface area contributed by atoms with E-state index in [1.165, 1.54) is 12.1 Å². The molecule has 1 aromatic rings. The van der Waals surface area contributed by atoms with E-state index in [9.17, 15) is 14.5 Å². The van der Waals surface area contributed by atoms with Gasteiger partial charge in [-0.15, -0.1) is 0 Å². The molecule has 1 fully saturated rings. The number of piperidine rings is 1. The highest BCUT2D eigenvalue weighted by molar-refractivity contribution is 5.64. The molecule has 1 heterocycles. The molecule has 1 aliphatic rings. The van der Waals surface area contributed by atoms with Gasteiger partial charge in [0.05, 0.1) is 4.92 Å². The normalized spacial score (nSPS) is 21.2. The number of nitrogens with two attached hydrogens (primary N) is 1. The van der Waals surface area contributed by atoms with Gasteiger partial charge in [-0.3, -0.25) is 10.1 Å². The molecule has 0 radical (unpaired) electrons. The van der Waals surface area contributed by atoms with Gasteiger partial charge in [0.25, 0.3) is 5.69 Å². The van der Waals surface area contributed by atoms with E-state index in [1.54, 1.807) is 0 Å². The van der Waals surface area contributed by atoms with Crippen molar-refractivity contribution < 1.29 is 9.31 Å². The number of rotatable bonds is 3. The van der Waals surface area contributed by atoms with Crippen molar-refractivity contribution >= 4 is 11.4 Å². The maximum absolute atomic E-state index is 13.4. The summed E-state index contributed by atoms with van der Waals surface area (Å²) in [5, 5.41) is 11.1. The fourth-order valence-corrected chi connectivity index (χ4v) is 2.68. The van der Waals surface area contributed by atoms with Gasteiger partial charge < -0.3 is 10.6 Å². The van der Waals surface area contributed by atoms with Crippen LogP contribution in [0.15, 0.2) is 18.2 Å². The van der Waals surface area contributed by atoms with Crippen molar-refractivity contribution in [3.05, 3.63) is 34.1 Å². The van der Waals surface area contributed by atoms with Crippen LogP contribution in [0.1, 0.15) is 26.2 Å². The summed E-state index contributed by atoms with van der Waals surface area (Å²) < 4.78 is 13.4. The van der Waals surface area contributed by atoms with Crippen molar-refractivity contribution in [3.63, 3.8) is 0 Å². The first-order valence-electron chi connectivity index (χ1n) is 6.47. The summed E-state index contributed by atoms with van der Waals surface area (Å²) in [5.41, 5.74) is 6.23. The number of benzene rings is 1. The second kappa shape index (κ2) is 5.52. The Morgan fingerprint density at radius 3 is 2.89 bits per heavy atom. The Balaban J connectivity index is 2.43. The van der Waals surface area contributed by atoms with E-state index in [2.05, 4.69) is 0 Å². The van der Waals surface area contributed by atoms with Crippen molar-refractivity contribution in [1.29, 1.82) is 0 Å². The molecule has 2 unspecified atom stereocenters. The third-order valence-electron chi connectivity index (χ3n) is 3.60. The number of nitrogens with zero attached hydrogens (tertiary/aromatic N) is 2. The molecule has 0 aromatic heterocycles. The van der Waals surface area contributed by atoms with Crippen LogP contribution >= 0.6 is 0 Å². The molecule has 2 N–H and O–H groups in total. The molecular weight excluding hydrogens is 249 g/mol. The van der Waals surface area contributed by atoms with Crippen LogP contribution in [-0.4, -0.2) is 23.6 Å². The van der Waals surface area contributed by atoms with Gasteiger partial charge >= 0.3 is 0 Å². The van der Waals surface area contributed by atoms with E-state index in [0.717, 1.165) is 25.3 Å². The standard InChI is InChI=1S/C13H18FN3O2/c1-9(15)11-4-2-3-7-16(11)13-8-10(14)5-6-12(13)17(18)19/h5-6,8-9,11H,2-4,7,15H2,1H3. The van der Waals surface area contributed by atoms with Crippen LogP contribution in [0.25, 0.3) is 0 Å². The van der Waals surface area contributed by atoms with E-state index in [1.807, 2.05) is 11.8 Å². The van der Waals surface area contributed by atoms with Crippen LogP contribution in [-0.2, 0) is 0 Å². The van der Waals surface area contributed by atoms with Gasteiger partial charge in [-0.05, 0) is 32.3 Å². The lowest BCUT2D eigenvalue weighted by Crippen LogP contribution is -2.49. The summed E-state index contributed by atoms with van der Waals surface area (Å²) in [6, 6.07) is 3.49. The molecule has 0 saturated carbocycles. The number of nitro benzene ring substituents is 1. The predicted octanol–water partition coefficient (Wildman–Crippen LogP) is 2.44. The number of hydrogen-bond donors (Lipinski definition) is 1. The molecule has 2 atom stereocenters.